The summed E-state index contributed by atoms with van der Waals surface area (Å²) in [6.45, 7) is 3.81. The lowest BCUT2D eigenvalue weighted by molar-refractivity contribution is -0.124. The fraction of sp³-hybridized carbons (Fsp3) is 0.261. The lowest BCUT2D eigenvalue weighted by Crippen LogP contribution is -2.32. The molecular formula is C23H24N2O6. The maximum absolute atomic E-state index is 12.6. The third-order valence-corrected chi connectivity index (χ3v) is 4.43. The molecule has 0 spiro atoms. The molecule has 0 saturated heterocycles. The van der Waals surface area contributed by atoms with Crippen LogP contribution in [0.25, 0.3) is 0 Å². The van der Waals surface area contributed by atoms with Crippen LogP contribution in [-0.2, 0) is 16.1 Å². The van der Waals surface area contributed by atoms with Crippen molar-refractivity contribution in [3.05, 3.63) is 71.5 Å². The molecule has 0 aliphatic heterocycles. The number of carbonyl (C=O) groups excluding carboxylic acids is 2. The fourth-order valence-electron chi connectivity index (χ4n) is 2.80. The number of nitrogens with zero attached hydrogens (tertiary/aromatic N) is 1. The van der Waals surface area contributed by atoms with Crippen LogP contribution in [0.15, 0.2) is 59.1 Å². The summed E-state index contributed by atoms with van der Waals surface area (Å²) < 4.78 is 21.5. The number of esters is 1. The van der Waals surface area contributed by atoms with E-state index in [9.17, 15) is 9.59 Å². The van der Waals surface area contributed by atoms with Gasteiger partial charge in [0.15, 0.2) is 23.4 Å². The van der Waals surface area contributed by atoms with Gasteiger partial charge in [-0.05, 0) is 37.1 Å². The Kier molecular flexibility index (Phi) is 7.26. The van der Waals surface area contributed by atoms with E-state index in [0.717, 1.165) is 5.56 Å². The molecule has 1 atom stereocenters. The van der Waals surface area contributed by atoms with Gasteiger partial charge in [-0.25, -0.2) is 4.79 Å². The van der Waals surface area contributed by atoms with Gasteiger partial charge < -0.3 is 24.1 Å². The standard InChI is InChI=1S/C23H24N2O6/c1-4-18(22(26)24-21-12-15(2)31-25-21)30-23(27)17-10-11-19(20(13-17)28-3)29-14-16-8-6-5-7-9-16/h5-13,18H,4,14H2,1-3H3,(H,24,25,26). The number of carbonyl (C=O) groups is 2. The number of aromatic nitrogens is 1. The zero-order chi connectivity index (χ0) is 22.2. The highest BCUT2D eigenvalue weighted by Gasteiger charge is 2.23. The molecule has 0 aliphatic rings. The summed E-state index contributed by atoms with van der Waals surface area (Å²) in [7, 11) is 1.49. The van der Waals surface area contributed by atoms with E-state index in [0.29, 0.717) is 30.3 Å². The predicted molar refractivity (Wildman–Crippen MR) is 113 cm³/mol. The highest BCUT2D eigenvalue weighted by Crippen LogP contribution is 2.29. The maximum Gasteiger partial charge on any atom is 0.339 e. The average molecular weight is 424 g/mol. The number of methoxy groups -OCH3 is 1. The normalized spacial score (nSPS) is 11.5. The number of ether oxygens (including phenoxy) is 3. The molecule has 0 saturated carbocycles. The van der Waals surface area contributed by atoms with Crippen molar-refractivity contribution in [2.24, 2.45) is 0 Å². The lowest BCUT2D eigenvalue weighted by atomic mass is 10.2. The highest BCUT2D eigenvalue weighted by molar-refractivity contribution is 5.97. The number of aryl methyl sites for hydroxylation is 1. The first-order chi connectivity index (χ1) is 15.0. The molecule has 162 valence electrons. The molecular weight excluding hydrogens is 400 g/mol. The summed E-state index contributed by atoms with van der Waals surface area (Å²) in [5.74, 6) is 0.570. The van der Waals surface area contributed by atoms with E-state index in [1.807, 2.05) is 30.3 Å². The summed E-state index contributed by atoms with van der Waals surface area (Å²) >= 11 is 0. The second kappa shape index (κ2) is 10.3. The van der Waals surface area contributed by atoms with Crippen LogP contribution < -0.4 is 14.8 Å². The zero-order valence-electron chi connectivity index (χ0n) is 17.6. The van der Waals surface area contributed by atoms with Crippen molar-refractivity contribution >= 4 is 17.7 Å². The monoisotopic (exact) mass is 424 g/mol. The third kappa shape index (κ3) is 5.85. The van der Waals surface area contributed by atoms with Crippen LogP contribution in [0.4, 0.5) is 5.82 Å². The van der Waals surface area contributed by atoms with Gasteiger partial charge in [-0.2, -0.15) is 0 Å². The van der Waals surface area contributed by atoms with Crippen molar-refractivity contribution in [2.75, 3.05) is 12.4 Å². The number of amides is 1. The van der Waals surface area contributed by atoms with E-state index in [4.69, 9.17) is 18.7 Å². The molecule has 1 heterocycles. The third-order valence-electron chi connectivity index (χ3n) is 4.43. The Morgan fingerprint density at radius 1 is 1.10 bits per heavy atom. The molecule has 1 N–H and O–H groups in total. The van der Waals surface area contributed by atoms with Crippen molar-refractivity contribution in [3.63, 3.8) is 0 Å². The van der Waals surface area contributed by atoms with Crippen LogP contribution >= 0.6 is 0 Å². The molecule has 1 unspecified atom stereocenters. The fourth-order valence-corrected chi connectivity index (χ4v) is 2.80. The number of nitrogens with one attached hydrogen (secondary N) is 1. The van der Waals surface area contributed by atoms with Gasteiger partial charge in [0, 0.05) is 6.07 Å². The summed E-state index contributed by atoms with van der Waals surface area (Å²) in [6.07, 6.45) is -0.686. The van der Waals surface area contributed by atoms with Crippen molar-refractivity contribution in [1.29, 1.82) is 0 Å². The number of hydrogen-bond acceptors (Lipinski definition) is 7. The summed E-state index contributed by atoms with van der Waals surface area (Å²) in [4.78, 5) is 25.0. The Morgan fingerprint density at radius 3 is 2.52 bits per heavy atom. The van der Waals surface area contributed by atoms with Gasteiger partial charge >= 0.3 is 5.97 Å². The van der Waals surface area contributed by atoms with E-state index >= 15 is 0 Å². The molecule has 3 aromatic rings. The molecule has 31 heavy (non-hydrogen) atoms. The minimum absolute atomic E-state index is 0.243. The Balaban J connectivity index is 1.65. The van der Waals surface area contributed by atoms with Gasteiger partial charge in [0.25, 0.3) is 5.91 Å². The molecule has 0 bridgehead atoms. The molecule has 0 aliphatic carbocycles. The van der Waals surface area contributed by atoms with E-state index in [-0.39, 0.29) is 11.4 Å². The smallest absolute Gasteiger partial charge is 0.339 e. The number of rotatable bonds is 9. The lowest BCUT2D eigenvalue weighted by Gasteiger charge is -2.16. The maximum atomic E-state index is 12.6. The van der Waals surface area contributed by atoms with E-state index < -0.39 is 18.0 Å². The van der Waals surface area contributed by atoms with Crippen molar-refractivity contribution in [1.82, 2.24) is 5.16 Å². The first-order valence-electron chi connectivity index (χ1n) is 9.80. The van der Waals surface area contributed by atoms with Gasteiger partial charge in [-0.15, -0.1) is 0 Å². The number of anilines is 1. The van der Waals surface area contributed by atoms with E-state index in [1.165, 1.54) is 13.2 Å². The predicted octanol–water partition coefficient (Wildman–Crippen LogP) is 4.14. The van der Waals surface area contributed by atoms with Gasteiger partial charge in [-0.3, -0.25) is 4.79 Å². The molecule has 1 aromatic heterocycles. The largest absolute Gasteiger partial charge is 0.493 e. The molecule has 1 amide bonds. The van der Waals surface area contributed by atoms with Crippen LogP contribution in [0.2, 0.25) is 0 Å². The van der Waals surface area contributed by atoms with Crippen molar-refractivity contribution in [2.45, 2.75) is 33.0 Å². The average Bonchev–Trinajstić information content (AvgIpc) is 3.20. The molecule has 2 aromatic carbocycles. The first kappa shape index (κ1) is 21.9. The molecule has 3 rings (SSSR count). The van der Waals surface area contributed by atoms with Gasteiger partial charge in [0.05, 0.1) is 12.7 Å². The molecule has 8 heteroatoms. The van der Waals surface area contributed by atoms with Crippen molar-refractivity contribution < 1.29 is 28.3 Å². The Hall–Kier alpha value is -3.81. The summed E-state index contributed by atoms with van der Waals surface area (Å²) in [5.41, 5.74) is 1.25. The highest BCUT2D eigenvalue weighted by atomic mass is 16.5. The second-order valence-corrected chi connectivity index (χ2v) is 6.75. The summed E-state index contributed by atoms with van der Waals surface area (Å²) in [5, 5.41) is 6.27. The molecule has 8 nitrogen and oxygen atoms in total. The van der Waals surface area contributed by atoms with Gasteiger partial charge in [-0.1, -0.05) is 42.4 Å². The topological polar surface area (TPSA) is 99.9 Å². The van der Waals surface area contributed by atoms with Gasteiger partial charge in [0.1, 0.15) is 12.4 Å². The van der Waals surface area contributed by atoms with Crippen LogP contribution in [0.1, 0.15) is 35.0 Å². The SMILES string of the molecule is CCC(OC(=O)c1ccc(OCc2ccccc2)c(OC)c1)C(=O)Nc1cc(C)on1. The second-order valence-electron chi connectivity index (χ2n) is 6.75. The van der Waals surface area contributed by atoms with Crippen molar-refractivity contribution in [3.8, 4) is 11.5 Å². The number of benzene rings is 2. The van der Waals surface area contributed by atoms with Crippen LogP contribution in [0, 0.1) is 6.92 Å². The zero-order valence-corrected chi connectivity index (χ0v) is 17.6. The van der Waals surface area contributed by atoms with E-state index in [2.05, 4.69) is 10.5 Å². The Morgan fingerprint density at radius 2 is 1.87 bits per heavy atom. The molecule has 0 radical (unpaired) electrons. The van der Waals surface area contributed by atoms with E-state index in [1.54, 1.807) is 32.0 Å². The minimum atomic E-state index is -0.982. The van der Waals surface area contributed by atoms with Crippen LogP contribution in [-0.4, -0.2) is 30.2 Å². The Labute approximate surface area is 180 Å². The van der Waals surface area contributed by atoms with Crippen LogP contribution in [0.3, 0.4) is 0 Å². The first-order valence-corrected chi connectivity index (χ1v) is 9.80. The van der Waals surface area contributed by atoms with Gasteiger partial charge in [0.2, 0.25) is 0 Å². The number of hydrogen-bond donors (Lipinski definition) is 1. The minimum Gasteiger partial charge on any atom is -0.493 e. The Bertz CT molecular complexity index is 1030. The molecule has 0 fully saturated rings. The quantitative estimate of drug-likeness (QED) is 0.515. The van der Waals surface area contributed by atoms with Crippen LogP contribution in [0.5, 0.6) is 11.5 Å². The summed E-state index contributed by atoms with van der Waals surface area (Å²) in [6, 6.07) is 16.0.